The van der Waals surface area contributed by atoms with Crippen molar-refractivity contribution in [2.75, 3.05) is 24.5 Å². The first-order valence-corrected chi connectivity index (χ1v) is 11.0. The van der Waals surface area contributed by atoms with Crippen LogP contribution in [0, 0.1) is 5.92 Å². The third kappa shape index (κ3) is 3.94. The monoisotopic (exact) mass is 419 g/mol. The van der Waals surface area contributed by atoms with Crippen LogP contribution in [0.4, 0.5) is 5.69 Å². The highest BCUT2D eigenvalue weighted by molar-refractivity contribution is 6.22. The van der Waals surface area contributed by atoms with Crippen molar-refractivity contribution in [2.45, 2.75) is 39.3 Å². The van der Waals surface area contributed by atoms with Gasteiger partial charge in [-0.2, -0.15) is 0 Å². The molecule has 2 aromatic rings. The summed E-state index contributed by atoms with van der Waals surface area (Å²) in [6, 6.07) is 16.4. The first-order chi connectivity index (χ1) is 14.9. The lowest BCUT2D eigenvalue weighted by atomic mass is 10.00. The summed E-state index contributed by atoms with van der Waals surface area (Å²) < 4.78 is 0. The predicted octanol–water partition coefficient (Wildman–Crippen LogP) is 3.43. The number of rotatable bonds is 5. The van der Waals surface area contributed by atoms with E-state index in [2.05, 4.69) is 24.0 Å². The number of amides is 3. The molecule has 2 aliphatic rings. The van der Waals surface area contributed by atoms with Crippen LogP contribution in [0.2, 0.25) is 0 Å². The molecule has 2 aliphatic heterocycles. The summed E-state index contributed by atoms with van der Waals surface area (Å²) in [6.45, 7) is 7.96. The summed E-state index contributed by atoms with van der Waals surface area (Å²) in [6.07, 6.45) is 0.456. The van der Waals surface area contributed by atoms with Gasteiger partial charge in [0.15, 0.2) is 0 Å². The Morgan fingerprint density at radius 1 is 0.935 bits per heavy atom. The second kappa shape index (κ2) is 8.53. The van der Waals surface area contributed by atoms with Crippen molar-refractivity contribution in [1.29, 1.82) is 0 Å². The molecule has 1 fully saturated rings. The largest absolute Gasteiger partial charge is 0.365 e. The maximum Gasteiger partial charge on any atom is 0.262 e. The van der Waals surface area contributed by atoms with Gasteiger partial charge in [-0.3, -0.25) is 19.3 Å². The number of nitrogens with zero attached hydrogens (tertiary/aromatic N) is 3. The number of carbonyl (C=O) groups excluding carboxylic acids is 3. The number of hydrogen-bond donors (Lipinski definition) is 0. The van der Waals surface area contributed by atoms with Gasteiger partial charge in [0.05, 0.1) is 11.1 Å². The van der Waals surface area contributed by atoms with Gasteiger partial charge >= 0.3 is 0 Å². The standard InChI is InChI=1S/C25H29N3O3/c1-17(2)15-22(28-23(29)20-11-7-8-12-21(20)24(28)30)25(31)26-13-14-27(18(3)16-26)19-9-5-4-6-10-19/h4-12,17-18,22H,13-16H2,1-3H3. The Bertz CT molecular complexity index is 954. The van der Waals surface area contributed by atoms with Crippen molar-refractivity contribution >= 4 is 23.4 Å². The van der Waals surface area contributed by atoms with Gasteiger partial charge in [-0.1, -0.05) is 44.2 Å². The SMILES string of the molecule is CC(C)CC(C(=O)N1CCN(c2ccccc2)C(C)C1)N1C(=O)c2ccccc2C1=O. The molecule has 0 bridgehead atoms. The molecule has 0 spiro atoms. The number of imide groups is 1. The van der Waals surface area contributed by atoms with E-state index in [1.165, 1.54) is 4.90 Å². The van der Waals surface area contributed by atoms with Gasteiger partial charge in [-0.25, -0.2) is 0 Å². The van der Waals surface area contributed by atoms with Gasteiger partial charge in [0.1, 0.15) is 6.04 Å². The molecular weight excluding hydrogens is 390 g/mol. The highest BCUT2D eigenvalue weighted by Crippen LogP contribution is 2.29. The topological polar surface area (TPSA) is 60.9 Å². The van der Waals surface area contributed by atoms with Crippen LogP contribution in [0.3, 0.4) is 0 Å². The molecule has 0 N–H and O–H groups in total. The molecule has 2 atom stereocenters. The molecule has 2 unspecified atom stereocenters. The third-order valence-corrected chi connectivity index (χ3v) is 6.14. The molecule has 2 heterocycles. The summed E-state index contributed by atoms with van der Waals surface area (Å²) in [7, 11) is 0. The average molecular weight is 420 g/mol. The molecule has 1 saturated heterocycles. The number of piperazine rings is 1. The number of benzene rings is 2. The highest BCUT2D eigenvalue weighted by Gasteiger charge is 2.44. The Balaban J connectivity index is 1.55. The van der Waals surface area contributed by atoms with E-state index in [0.717, 1.165) is 5.69 Å². The summed E-state index contributed by atoms with van der Waals surface area (Å²) in [5.41, 5.74) is 1.91. The normalized spacial score (nSPS) is 19.7. The van der Waals surface area contributed by atoms with Crippen molar-refractivity contribution in [3.8, 4) is 0 Å². The van der Waals surface area contributed by atoms with Crippen molar-refractivity contribution in [1.82, 2.24) is 9.80 Å². The fourth-order valence-electron chi connectivity index (χ4n) is 4.63. The molecule has 162 valence electrons. The Hall–Kier alpha value is -3.15. The van der Waals surface area contributed by atoms with Gasteiger partial charge < -0.3 is 9.80 Å². The van der Waals surface area contributed by atoms with Gasteiger partial charge in [0, 0.05) is 31.4 Å². The zero-order valence-corrected chi connectivity index (χ0v) is 18.3. The average Bonchev–Trinajstić information content (AvgIpc) is 3.02. The summed E-state index contributed by atoms with van der Waals surface area (Å²) >= 11 is 0. The zero-order valence-electron chi connectivity index (χ0n) is 18.3. The maximum absolute atomic E-state index is 13.6. The van der Waals surface area contributed by atoms with Gasteiger partial charge in [0.2, 0.25) is 5.91 Å². The van der Waals surface area contributed by atoms with Crippen LogP contribution in [-0.4, -0.2) is 59.2 Å². The van der Waals surface area contributed by atoms with Crippen LogP contribution in [-0.2, 0) is 4.79 Å². The summed E-state index contributed by atoms with van der Waals surface area (Å²) in [5.74, 6) is -0.699. The van der Waals surface area contributed by atoms with Crippen molar-refractivity contribution in [3.05, 3.63) is 65.7 Å². The van der Waals surface area contributed by atoms with E-state index in [1.807, 2.05) is 36.9 Å². The fourth-order valence-corrected chi connectivity index (χ4v) is 4.63. The molecule has 0 saturated carbocycles. The quantitative estimate of drug-likeness (QED) is 0.697. The van der Waals surface area contributed by atoms with E-state index in [4.69, 9.17) is 0 Å². The van der Waals surface area contributed by atoms with Crippen molar-refractivity contribution in [2.24, 2.45) is 5.92 Å². The zero-order chi connectivity index (χ0) is 22.1. The van der Waals surface area contributed by atoms with Crippen LogP contribution in [0.5, 0.6) is 0 Å². The minimum Gasteiger partial charge on any atom is -0.365 e. The second-order valence-electron chi connectivity index (χ2n) is 8.83. The summed E-state index contributed by atoms with van der Waals surface area (Å²) in [5, 5.41) is 0. The molecule has 3 amide bonds. The number of carbonyl (C=O) groups is 3. The molecule has 6 nitrogen and oxygen atoms in total. The summed E-state index contributed by atoms with van der Waals surface area (Å²) in [4.78, 5) is 45.0. The maximum atomic E-state index is 13.6. The van der Waals surface area contributed by atoms with Gasteiger partial charge in [0.25, 0.3) is 11.8 Å². The minimum atomic E-state index is -0.775. The van der Waals surface area contributed by atoms with E-state index in [9.17, 15) is 14.4 Å². The Kier molecular flexibility index (Phi) is 5.81. The second-order valence-corrected chi connectivity index (χ2v) is 8.83. The molecule has 2 aromatic carbocycles. The first-order valence-electron chi connectivity index (χ1n) is 11.0. The van der Waals surface area contributed by atoms with Crippen molar-refractivity contribution < 1.29 is 14.4 Å². The van der Waals surface area contributed by atoms with Gasteiger partial charge in [-0.15, -0.1) is 0 Å². The van der Waals surface area contributed by atoms with Gasteiger partial charge in [-0.05, 0) is 43.5 Å². The van der Waals surface area contributed by atoms with Crippen LogP contribution in [0.15, 0.2) is 54.6 Å². The van der Waals surface area contributed by atoms with Crippen LogP contribution in [0.1, 0.15) is 47.9 Å². The van der Waals surface area contributed by atoms with Crippen LogP contribution in [0.25, 0.3) is 0 Å². The minimum absolute atomic E-state index is 0.136. The fraction of sp³-hybridized carbons (Fsp3) is 0.400. The lowest BCUT2D eigenvalue weighted by molar-refractivity contribution is -0.136. The number of hydrogen-bond acceptors (Lipinski definition) is 4. The van der Waals surface area contributed by atoms with E-state index < -0.39 is 6.04 Å². The van der Waals surface area contributed by atoms with Crippen LogP contribution >= 0.6 is 0 Å². The molecule has 4 rings (SSSR count). The lowest BCUT2D eigenvalue weighted by Gasteiger charge is -2.43. The molecule has 0 radical (unpaired) electrons. The number of para-hydroxylation sites is 1. The Morgan fingerprint density at radius 2 is 1.52 bits per heavy atom. The van der Waals surface area contributed by atoms with E-state index in [0.29, 0.717) is 37.2 Å². The number of anilines is 1. The Labute approximate surface area is 183 Å². The molecule has 0 aliphatic carbocycles. The highest BCUT2D eigenvalue weighted by atomic mass is 16.2. The van der Waals surface area contributed by atoms with Crippen LogP contribution < -0.4 is 4.90 Å². The molecular formula is C25H29N3O3. The van der Waals surface area contributed by atoms with E-state index >= 15 is 0 Å². The van der Waals surface area contributed by atoms with Crippen molar-refractivity contribution in [3.63, 3.8) is 0 Å². The lowest BCUT2D eigenvalue weighted by Crippen LogP contribution is -2.59. The number of fused-ring (bicyclic) bond motifs is 1. The molecule has 31 heavy (non-hydrogen) atoms. The first kappa shape index (κ1) is 21.1. The Morgan fingerprint density at radius 3 is 2.06 bits per heavy atom. The molecule has 6 heteroatoms. The van der Waals surface area contributed by atoms with E-state index in [1.54, 1.807) is 24.3 Å². The third-order valence-electron chi connectivity index (χ3n) is 6.14. The predicted molar refractivity (Wildman–Crippen MR) is 120 cm³/mol. The van der Waals surface area contributed by atoms with E-state index in [-0.39, 0.29) is 29.7 Å². The smallest absolute Gasteiger partial charge is 0.262 e. The molecule has 0 aromatic heterocycles.